The van der Waals surface area contributed by atoms with E-state index < -0.39 is 0 Å². The zero-order chi connectivity index (χ0) is 11.8. The van der Waals surface area contributed by atoms with Crippen molar-refractivity contribution in [1.82, 2.24) is 14.6 Å². The molecule has 3 rings (SSSR count). The van der Waals surface area contributed by atoms with Gasteiger partial charge in [0.15, 0.2) is 5.65 Å². The van der Waals surface area contributed by atoms with Crippen LogP contribution in [0.5, 0.6) is 0 Å². The van der Waals surface area contributed by atoms with E-state index in [0.29, 0.717) is 5.92 Å². The molecule has 0 aliphatic carbocycles. The maximum Gasteiger partial charge on any atom is 0.155 e. The Morgan fingerprint density at radius 3 is 2.88 bits per heavy atom. The number of hydrogen-bond acceptors (Lipinski definition) is 3. The molecule has 90 valence electrons. The van der Waals surface area contributed by atoms with E-state index in [-0.39, 0.29) is 0 Å². The summed E-state index contributed by atoms with van der Waals surface area (Å²) in [6.45, 7) is 3.66. The Hall–Kier alpha value is -0.940. The highest BCUT2D eigenvalue weighted by molar-refractivity contribution is 9.10. The van der Waals surface area contributed by atoms with Gasteiger partial charge in [-0.1, -0.05) is 0 Å². The molecule has 5 heteroatoms. The number of aryl methyl sites for hydroxylation is 1. The lowest BCUT2D eigenvalue weighted by Crippen LogP contribution is -2.16. The molecule has 1 aliphatic heterocycles. The molecule has 4 nitrogen and oxygen atoms in total. The molecule has 0 N–H and O–H groups in total. The number of nitrogens with zero attached hydrogens (tertiary/aromatic N) is 3. The van der Waals surface area contributed by atoms with E-state index in [0.717, 1.165) is 47.7 Å². The Kier molecular flexibility index (Phi) is 2.88. The number of aromatic nitrogens is 3. The van der Waals surface area contributed by atoms with Crippen molar-refractivity contribution >= 4 is 21.6 Å². The zero-order valence-corrected chi connectivity index (χ0v) is 11.3. The third-order valence-electron chi connectivity index (χ3n) is 3.24. The monoisotopic (exact) mass is 295 g/mol. The summed E-state index contributed by atoms with van der Waals surface area (Å²) < 4.78 is 8.20. The molecular formula is C12H14BrN3O. The highest BCUT2D eigenvalue weighted by Crippen LogP contribution is 2.26. The average Bonchev–Trinajstić information content (AvgIpc) is 2.66. The van der Waals surface area contributed by atoms with E-state index in [1.165, 1.54) is 0 Å². The van der Waals surface area contributed by atoms with Crippen molar-refractivity contribution in [2.75, 3.05) is 13.2 Å². The van der Waals surface area contributed by atoms with E-state index in [1.807, 2.05) is 17.5 Å². The first kappa shape index (κ1) is 11.2. The summed E-state index contributed by atoms with van der Waals surface area (Å²) in [4.78, 5) is 4.43. The van der Waals surface area contributed by atoms with Crippen LogP contribution in [-0.4, -0.2) is 27.8 Å². The second-order valence-corrected chi connectivity index (χ2v) is 5.15. The van der Waals surface area contributed by atoms with Gasteiger partial charge in [0.1, 0.15) is 4.60 Å². The summed E-state index contributed by atoms with van der Waals surface area (Å²) >= 11 is 3.52. The third kappa shape index (κ3) is 1.98. The molecule has 0 radical (unpaired) electrons. The van der Waals surface area contributed by atoms with E-state index in [9.17, 15) is 0 Å². The van der Waals surface area contributed by atoms with Crippen molar-refractivity contribution in [3.63, 3.8) is 0 Å². The van der Waals surface area contributed by atoms with Gasteiger partial charge in [0.25, 0.3) is 0 Å². The van der Waals surface area contributed by atoms with Crippen molar-refractivity contribution in [1.29, 1.82) is 0 Å². The number of rotatable bonds is 1. The first-order chi connectivity index (χ1) is 8.25. The molecule has 0 atom stereocenters. The fourth-order valence-corrected chi connectivity index (χ4v) is 2.59. The van der Waals surface area contributed by atoms with Gasteiger partial charge in [-0.2, -0.15) is 5.10 Å². The molecule has 1 saturated heterocycles. The normalized spacial score (nSPS) is 17.8. The molecule has 1 aliphatic rings. The molecule has 17 heavy (non-hydrogen) atoms. The molecule has 0 bridgehead atoms. The van der Waals surface area contributed by atoms with Crippen LogP contribution in [0.3, 0.4) is 0 Å². The van der Waals surface area contributed by atoms with Crippen LogP contribution in [0.4, 0.5) is 0 Å². The van der Waals surface area contributed by atoms with Crippen molar-refractivity contribution in [2.24, 2.45) is 0 Å². The number of ether oxygens (including phenoxy) is 1. The minimum absolute atomic E-state index is 0.516. The lowest BCUT2D eigenvalue weighted by Gasteiger charge is -2.21. The smallest absolute Gasteiger partial charge is 0.155 e. The summed E-state index contributed by atoms with van der Waals surface area (Å²) in [5.41, 5.74) is 3.01. The minimum atomic E-state index is 0.516. The molecule has 2 aromatic rings. The second kappa shape index (κ2) is 4.38. The van der Waals surface area contributed by atoms with Crippen molar-refractivity contribution in [3.05, 3.63) is 28.1 Å². The highest BCUT2D eigenvalue weighted by atomic mass is 79.9. The topological polar surface area (TPSA) is 39.4 Å². The predicted molar refractivity (Wildman–Crippen MR) is 68.2 cm³/mol. The molecular weight excluding hydrogens is 282 g/mol. The summed E-state index contributed by atoms with van der Waals surface area (Å²) in [7, 11) is 0. The molecule has 3 heterocycles. The van der Waals surface area contributed by atoms with Crippen LogP contribution in [0.2, 0.25) is 0 Å². The Balaban J connectivity index is 2.02. The summed E-state index contributed by atoms with van der Waals surface area (Å²) in [5, 5.41) is 4.67. The average molecular weight is 296 g/mol. The van der Waals surface area contributed by atoms with E-state index >= 15 is 0 Å². The van der Waals surface area contributed by atoms with Crippen LogP contribution in [0.1, 0.15) is 30.1 Å². The van der Waals surface area contributed by atoms with Gasteiger partial charge in [-0.05, 0) is 47.8 Å². The van der Waals surface area contributed by atoms with Crippen molar-refractivity contribution in [3.8, 4) is 0 Å². The minimum Gasteiger partial charge on any atom is -0.381 e. The van der Waals surface area contributed by atoms with Crippen molar-refractivity contribution in [2.45, 2.75) is 25.7 Å². The first-order valence-corrected chi connectivity index (χ1v) is 6.64. The van der Waals surface area contributed by atoms with Gasteiger partial charge < -0.3 is 4.74 Å². The number of imidazole rings is 1. The van der Waals surface area contributed by atoms with Crippen LogP contribution in [0.25, 0.3) is 5.65 Å². The summed E-state index contributed by atoms with van der Waals surface area (Å²) in [5.74, 6) is 0.516. The standard InChI is InChI=1S/C12H14BrN3O/c1-8-12(13)16-11(14-8)3-2-10(15-16)9-4-6-17-7-5-9/h2-3,9H,4-7H2,1H3. The Labute approximate surface area is 108 Å². The zero-order valence-electron chi connectivity index (χ0n) is 9.69. The molecule has 2 aromatic heterocycles. The molecule has 0 unspecified atom stereocenters. The van der Waals surface area contributed by atoms with Crippen LogP contribution >= 0.6 is 15.9 Å². The van der Waals surface area contributed by atoms with Gasteiger partial charge in [0.2, 0.25) is 0 Å². The predicted octanol–water partition coefficient (Wildman–Crippen LogP) is 2.69. The van der Waals surface area contributed by atoms with Crippen LogP contribution in [0.15, 0.2) is 16.7 Å². The van der Waals surface area contributed by atoms with Gasteiger partial charge in [-0.3, -0.25) is 0 Å². The highest BCUT2D eigenvalue weighted by Gasteiger charge is 2.18. The maximum absolute atomic E-state index is 5.38. The lowest BCUT2D eigenvalue weighted by atomic mass is 9.96. The second-order valence-electron chi connectivity index (χ2n) is 4.40. The fraction of sp³-hybridized carbons (Fsp3) is 0.500. The Morgan fingerprint density at radius 2 is 2.12 bits per heavy atom. The van der Waals surface area contributed by atoms with E-state index in [4.69, 9.17) is 4.74 Å². The quantitative estimate of drug-likeness (QED) is 0.812. The fourth-order valence-electron chi connectivity index (χ4n) is 2.24. The molecule has 0 saturated carbocycles. The molecule has 1 fully saturated rings. The summed E-state index contributed by atoms with van der Waals surface area (Å²) in [6.07, 6.45) is 2.12. The molecule has 0 spiro atoms. The van der Waals surface area contributed by atoms with Crippen LogP contribution < -0.4 is 0 Å². The van der Waals surface area contributed by atoms with Gasteiger partial charge >= 0.3 is 0 Å². The van der Waals surface area contributed by atoms with Gasteiger partial charge in [0.05, 0.1) is 11.4 Å². The number of hydrogen-bond donors (Lipinski definition) is 0. The van der Waals surface area contributed by atoms with Gasteiger partial charge in [-0.25, -0.2) is 9.50 Å². The van der Waals surface area contributed by atoms with Crippen molar-refractivity contribution < 1.29 is 4.74 Å². The number of halogens is 1. The maximum atomic E-state index is 5.38. The molecule has 0 aromatic carbocycles. The Morgan fingerprint density at radius 1 is 1.35 bits per heavy atom. The van der Waals surface area contributed by atoms with Crippen LogP contribution in [-0.2, 0) is 4.74 Å². The summed E-state index contributed by atoms with van der Waals surface area (Å²) in [6, 6.07) is 4.12. The van der Waals surface area contributed by atoms with E-state index in [2.05, 4.69) is 32.1 Å². The molecule has 0 amide bonds. The van der Waals surface area contributed by atoms with Gasteiger partial charge in [-0.15, -0.1) is 0 Å². The van der Waals surface area contributed by atoms with Crippen LogP contribution in [0, 0.1) is 6.92 Å². The SMILES string of the molecule is Cc1nc2ccc(C3CCOCC3)nn2c1Br. The largest absolute Gasteiger partial charge is 0.381 e. The third-order valence-corrected chi connectivity index (χ3v) is 4.15. The van der Waals surface area contributed by atoms with E-state index in [1.54, 1.807) is 0 Å². The first-order valence-electron chi connectivity index (χ1n) is 5.85. The number of fused-ring (bicyclic) bond motifs is 1. The lowest BCUT2D eigenvalue weighted by molar-refractivity contribution is 0.0842. The Bertz CT molecular complexity index is 546. The van der Waals surface area contributed by atoms with Gasteiger partial charge in [0, 0.05) is 19.1 Å².